The predicted molar refractivity (Wildman–Crippen MR) is 108 cm³/mol. The maximum Gasteiger partial charge on any atom is 0.253 e. The first-order valence-corrected chi connectivity index (χ1v) is 10.8. The molecular formula is C21H28N2O3S. The van der Waals surface area contributed by atoms with Crippen LogP contribution in [0.2, 0.25) is 0 Å². The second-order valence-corrected chi connectivity index (χ2v) is 8.40. The third-order valence-corrected chi connectivity index (χ3v) is 5.65. The van der Waals surface area contributed by atoms with E-state index in [4.69, 9.17) is 0 Å². The SMILES string of the molecule is CCCN(CCC)C(=O)c1cccc(S(=O)(=O)NCc2ccc(C)cc2)c1. The topological polar surface area (TPSA) is 66.5 Å². The summed E-state index contributed by atoms with van der Waals surface area (Å²) in [6, 6.07) is 13.9. The summed E-state index contributed by atoms with van der Waals surface area (Å²) in [5, 5.41) is 0. The molecule has 6 heteroatoms. The second-order valence-electron chi connectivity index (χ2n) is 6.63. The molecule has 0 spiro atoms. The van der Waals surface area contributed by atoms with Crippen molar-refractivity contribution < 1.29 is 13.2 Å². The van der Waals surface area contributed by atoms with E-state index in [0.717, 1.165) is 24.0 Å². The summed E-state index contributed by atoms with van der Waals surface area (Å²) in [4.78, 5) is 14.6. The molecule has 0 aliphatic heterocycles. The lowest BCUT2D eigenvalue weighted by atomic mass is 10.2. The summed E-state index contributed by atoms with van der Waals surface area (Å²) < 4.78 is 27.9. The first kappa shape index (κ1) is 21.1. The van der Waals surface area contributed by atoms with Crippen LogP contribution >= 0.6 is 0 Å². The van der Waals surface area contributed by atoms with E-state index in [1.807, 2.05) is 45.0 Å². The Morgan fingerprint density at radius 2 is 1.63 bits per heavy atom. The van der Waals surface area contributed by atoms with Crippen molar-refractivity contribution in [2.75, 3.05) is 13.1 Å². The van der Waals surface area contributed by atoms with Crippen LogP contribution in [-0.2, 0) is 16.6 Å². The van der Waals surface area contributed by atoms with Crippen LogP contribution in [0.15, 0.2) is 53.4 Å². The Hall–Kier alpha value is -2.18. The molecule has 146 valence electrons. The number of nitrogens with zero attached hydrogens (tertiary/aromatic N) is 1. The first-order valence-electron chi connectivity index (χ1n) is 9.32. The van der Waals surface area contributed by atoms with E-state index in [2.05, 4.69) is 4.72 Å². The van der Waals surface area contributed by atoms with Crippen molar-refractivity contribution in [3.63, 3.8) is 0 Å². The van der Waals surface area contributed by atoms with Gasteiger partial charge in [0, 0.05) is 25.2 Å². The molecule has 1 N–H and O–H groups in total. The van der Waals surface area contributed by atoms with Gasteiger partial charge in [-0.15, -0.1) is 0 Å². The molecule has 0 saturated carbocycles. The molecule has 0 unspecified atom stereocenters. The Morgan fingerprint density at radius 1 is 1.00 bits per heavy atom. The molecule has 1 amide bonds. The third-order valence-electron chi connectivity index (χ3n) is 4.25. The zero-order valence-electron chi connectivity index (χ0n) is 16.2. The van der Waals surface area contributed by atoms with Crippen LogP contribution in [0.3, 0.4) is 0 Å². The van der Waals surface area contributed by atoms with Crippen LogP contribution in [0.5, 0.6) is 0 Å². The Balaban J connectivity index is 2.16. The van der Waals surface area contributed by atoms with Gasteiger partial charge >= 0.3 is 0 Å². The van der Waals surface area contributed by atoms with Crippen LogP contribution in [0.25, 0.3) is 0 Å². The molecule has 2 aromatic rings. The summed E-state index contributed by atoms with van der Waals surface area (Å²) >= 11 is 0. The summed E-state index contributed by atoms with van der Waals surface area (Å²) in [7, 11) is -3.70. The van der Waals surface area contributed by atoms with Gasteiger partial charge in [-0.25, -0.2) is 13.1 Å². The minimum Gasteiger partial charge on any atom is -0.339 e. The first-order chi connectivity index (χ1) is 12.9. The summed E-state index contributed by atoms with van der Waals surface area (Å²) in [5.41, 5.74) is 2.40. The fraction of sp³-hybridized carbons (Fsp3) is 0.381. The van der Waals surface area contributed by atoms with Crippen LogP contribution in [-0.4, -0.2) is 32.3 Å². The number of aryl methyl sites for hydroxylation is 1. The van der Waals surface area contributed by atoms with E-state index >= 15 is 0 Å². The molecule has 2 rings (SSSR count). The van der Waals surface area contributed by atoms with E-state index in [1.165, 1.54) is 12.1 Å². The Bertz CT molecular complexity index is 855. The van der Waals surface area contributed by atoms with Crippen molar-refractivity contribution in [3.05, 3.63) is 65.2 Å². The average molecular weight is 389 g/mol. The Kier molecular flexibility index (Phi) is 7.56. The summed E-state index contributed by atoms with van der Waals surface area (Å²) in [6.45, 7) is 7.55. The number of hydrogen-bond donors (Lipinski definition) is 1. The zero-order chi connectivity index (χ0) is 19.9. The number of amides is 1. The molecule has 0 saturated heterocycles. The maximum absolute atomic E-state index is 12.7. The number of nitrogens with one attached hydrogen (secondary N) is 1. The van der Waals surface area contributed by atoms with Gasteiger partial charge in [0.2, 0.25) is 10.0 Å². The number of carbonyl (C=O) groups is 1. The fourth-order valence-electron chi connectivity index (χ4n) is 2.80. The Morgan fingerprint density at radius 3 is 2.22 bits per heavy atom. The van der Waals surface area contributed by atoms with Crippen molar-refractivity contribution in [2.24, 2.45) is 0 Å². The molecular weight excluding hydrogens is 360 g/mol. The third kappa shape index (κ3) is 5.91. The molecule has 0 aliphatic rings. The molecule has 0 atom stereocenters. The van der Waals surface area contributed by atoms with Gasteiger partial charge in [0.25, 0.3) is 5.91 Å². The van der Waals surface area contributed by atoms with Crippen molar-refractivity contribution in [1.29, 1.82) is 0 Å². The number of benzene rings is 2. The zero-order valence-corrected chi connectivity index (χ0v) is 17.1. The highest BCUT2D eigenvalue weighted by Gasteiger charge is 2.19. The van der Waals surface area contributed by atoms with Gasteiger partial charge in [-0.2, -0.15) is 0 Å². The lowest BCUT2D eigenvalue weighted by molar-refractivity contribution is 0.0755. The van der Waals surface area contributed by atoms with Crippen molar-refractivity contribution in [3.8, 4) is 0 Å². The maximum atomic E-state index is 12.7. The number of hydrogen-bond acceptors (Lipinski definition) is 3. The van der Waals surface area contributed by atoms with Gasteiger partial charge in [0.1, 0.15) is 0 Å². The molecule has 27 heavy (non-hydrogen) atoms. The lowest BCUT2D eigenvalue weighted by Crippen LogP contribution is -2.32. The van der Waals surface area contributed by atoms with Crippen molar-refractivity contribution in [2.45, 2.75) is 45.1 Å². The van der Waals surface area contributed by atoms with E-state index < -0.39 is 10.0 Å². The minimum atomic E-state index is -3.70. The summed E-state index contributed by atoms with van der Waals surface area (Å²) in [6.07, 6.45) is 1.73. The van der Waals surface area contributed by atoms with Crippen LogP contribution in [0.4, 0.5) is 0 Å². The van der Waals surface area contributed by atoms with Gasteiger partial charge in [-0.1, -0.05) is 49.7 Å². The number of carbonyl (C=O) groups excluding carboxylic acids is 1. The van der Waals surface area contributed by atoms with Crippen LogP contribution < -0.4 is 4.72 Å². The normalized spacial score (nSPS) is 11.4. The molecule has 2 aromatic carbocycles. The highest BCUT2D eigenvalue weighted by Crippen LogP contribution is 2.15. The van der Waals surface area contributed by atoms with Crippen molar-refractivity contribution >= 4 is 15.9 Å². The lowest BCUT2D eigenvalue weighted by Gasteiger charge is -2.21. The van der Waals surface area contributed by atoms with E-state index in [-0.39, 0.29) is 17.3 Å². The molecule has 5 nitrogen and oxygen atoms in total. The standard InChI is InChI=1S/C21H28N2O3S/c1-4-13-23(14-5-2)21(24)19-7-6-8-20(15-19)27(25,26)22-16-18-11-9-17(3)10-12-18/h6-12,15,22H,4-5,13-14,16H2,1-3H3. The predicted octanol–water partition coefficient (Wildman–Crippen LogP) is 3.74. The molecule has 0 aliphatic carbocycles. The van der Waals surface area contributed by atoms with Crippen LogP contribution in [0.1, 0.15) is 48.2 Å². The largest absolute Gasteiger partial charge is 0.339 e. The monoisotopic (exact) mass is 388 g/mol. The van der Waals surface area contributed by atoms with E-state index in [1.54, 1.807) is 17.0 Å². The van der Waals surface area contributed by atoms with Gasteiger partial charge in [-0.3, -0.25) is 4.79 Å². The van der Waals surface area contributed by atoms with Gasteiger partial charge in [0.05, 0.1) is 4.90 Å². The minimum absolute atomic E-state index is 0.105. The molecule has 0 heterocycles. The molecule has 0 aromatic heterocycles. The van der Waals surface area contributed by atoms with Gasteiger partial charge in [0.15, 0.2) is 0 Å². The average Bonchev–Trinajstić information content (AvgIpc) is 2.67. The van der Waals surface area contributed by atoms with Crippen LogP contribution in [0, 0.1) is 6.92 Å². The summed E-state index contributed by atoms with van der Waals surface area (Å²) in [5.74, 6) is -0.130. The fourth-order valence-corrected chi connectivity index (χ4v) is 3.86. The van der Waals surface area contributed by atoms with Crippen molar-refractivity contribution in [1.82, 2.24) is 9.62 Å². The van der Waals surface area contributed by atoms with E-state index in [9.17, 15) is 13.2 Å². The second kappa shape index (κ2) is 9.67. The number of rotatable bonds is 9. The highest BCUT2D eigenvalue weighted by molar-refractivity contribution is 7.89. The quantitative estimate of drug-likeness (QED) is 0.712. The van der Waals surface area contributed by atoms with Gasteiger partial charge < -0.3 is 4.90 Å². The molecule has 0 fully saturated rings. The van der Waals surface area contributed by atoms with E-state index in [0.29, 0.717) is 18.7 Å². The molecule has 0 bridgehead atoms. The van der Waals surface area contributed by atoms with Gasteiger partial charge in [-0.05, 0) is 43.5 Å². The smallest absolute Gasteiger partial charge is 0.253 e. The highest BCUT2D eigenvalue weighted by atomic mass is 32.2. The molecule has 0 radical (unpaired) electrons. The Labute approximate surface area is 162 Å². The number of sulfonamides is 1.